The molecule has 0 saturated heterocycles. The van der Waals surface area contributed by atoms with E-state index in [0.29, 0.717) is 12.4 Å². The number of halogens is 1. The number of benzene rings is 2. The number of tetrazole rings is 1. The van der Waals surface area contributed by atoms with Crippen LogP contribution in [0.2, 0.25) is 0 Å². The number of rotatable bonds is 3. The molecule has 3 aromatic rings. The summed E-state index contributed by atoms with van der Waals surface area (Å²) in [5, 5.41) is 21.7. The van der Waals surface area contributed by atoms with E-state index in [0.717, 1.165) is 15.6 Å². The van der Waals surface area contributed by atoms with Crippen LogP contribution >= 0.6 is 15.9 Å². The van der Waals surface area contributed by atoms with Crippen LogP contribution in [0.15, 0.2) is 53.0 Å². The molecule has 2 aromatic carbocycles. The first-order valence-electron chi connectivity index (χ1n) is 6.02. The van der Waals surface area contributed by atoms with E-state index in [1.165, 1.54) is 4.80 Å². The Hall–Kier alpha value is -2.21. The smallest absolute Gasteiger partial charge is 0.204 e. The van der Waals surface area contributed by atoms with Gasteiger partial charge in [0.15, 0.2) is 0 Å². The highest BCUT2D eigenvalue weighted by atomic mass is 79.9. The van der Waals surface area contributed by atoms with Crippen molar-refractivity contribution >= 4 is 15.9 Å². The van der Waals surface area contributed by atoms with Crippen molar-refractivity contribution < 1.29 is 5.11 Å². The molecule has 20 heavy (non-hydrogen) atoms. The van der Waals surface area contributed by atoms with Crippen molar-refractivity contribution in [2.45, 2.75) is 6.54 Å². The van der Waals surface area contributed by atoms with Gasteiger partial charge in [0.25, 0.3) is 0 Å². The van der Waals surface area contributed by atoms with Crippen molar-refractivity contribution in [1.29, 1.82) is 0 Å². The van der Waals surface area contributed by atoms with Crippen LogP contribution in [0.5, 0.6) is 5.75 Å². The van der Waals surface area contributed by atoms with Gasteiger partial charge in [-0.3, -0.25) is 0 Å². The van der Waals surface area contributed by atoms with E-state index in [9.17, 15) is 5.11 Å². The predicted molar refractivity (Wildman–Crippen MR) is 78.2 cm³/mol. The molecule has 0 atom stereocenters. The highest BCUT2D eigenvalue weighted by molar-refractivity contribution is 9.10. The molecule has 1 aromatic heterocycles. The third kappa shape index (κ3) is 2.85. The lowest BCUT2D eigenvalue weighted by molar-refractivity contribution is 0.474. The Morgan fingerprint density at radius 3 is 2.65 bits per heavy atom. The second kappa shape index (κ2) is 5.42. The average molecular weight is 331 g/mol. The van der Waals surface area contributed by atoms with Gasteiger partial charge in [-0.1, -0.05) is 40.2 Å². The number of phenols is 1. The predicted octanol–water partition coefficient (Wildman–Crippen LogP) is 2.86. The third-order valence-corrected chi connectivity index (χ3v) is 3.29. The SMILES string of the molecule is Oc1ccc(Cn2nnc(-c3cccc(Br)c3)n2)cc1. The Kier molecular flexibility index (Phi) is 3.47. The van der Waals surface area contributed by atoms with Crippen molar-refractivity contribution in [3.8, 4) is 17.1 Å². The molecule has 0 bridgehead atoms. The highest BCUT2D eigenvalue weighted by Crippen LogP contribution is 2.19. The molecule has 1 N–H and O–H groups in total. The summed E-state index contributed by atoms with van der Waals surface area (Å²) < 4.78 is 0.977. The normalized spacial score (nSPS) is 10.7. The Bertz CT molecular complexity index is 724. The zero-order chi connectivity index (χ0) is 13.9. The summed E-state index contributed by atoms with van der Waals surface area (Å²) in [4.78, 5) is 1.53. The van der Waals surface area contributed by atoms with Crippen molar-refractivity contribution in [2.24, 2.45) is 0 Å². The number of aromatic hydroxyl groups is 1. The van der Waals surface area contributed by atoms with Crippen LogP contribution in [0.1, 0.15) is 5.56 Å². The largest absolute Gasteiger partial charge is 0.508 e. The monoisotopic (exact) mass is 330 g/mol. The summed E-state index contributed by atoms with van der Waals surface area (Å²) in [6.45, 7) is 0.515. The summed E-state index contributed by atoms with van der Waals surface area (Å²) in [6.07, 6.45) is 0. The van der Waals surface area contributed by atoms with Gasteiger partial charge in [0.05, 0.1) is 6.54 Å². The standard InChI is InChI=1S/C14H11BrN4O/c15-12-3-1-2-11(8-12)14-16-18-19(17-14)9-10-4-6-13(20)7-5-10/h1-8,20H,9H2. The summed E-state index contributed by atoms with van der Waals surface area (Å²) in [5.41, 5.74) is 1.91. The molecular formula is C14H11BrN4O. The van der Waals surface area contributed by atoms with Crippen molar-refractivity contribution in [3.63, 3.8) is 0 Å². The first-order chi connectivity index (χ1) is 9.70. The van der Waals surface area contributed by atoms with Crippen molar-refractivity contribution in [1.82, 2.24) is 20.2 Å². The molecule has 100 valence electrons. The maximum absolute atomic E-state index is 9.25. The lowest BCUT2D eigenvalue weighted by Gasteiger charge is -1.99. The Morgan fingerprint density at radius 2 is 1.90 bits per heavy atom. The number of nitrogens with zero attached hydrogens (tertiary/aromatic N) is 4. The van der Waals surface area contributed by atoms with E-state index < -0.39 is 0 Å². The summed E-state index contributed by atoms with van der Waals surface area (Å²) >= 11 is 3.42. The van der Waals surface area contributed by atoms with Gasteiger partial charge in [-0.2, -0.15) is 4.80 Å². The van der Waals surface area contributed by atoms with E-state index in [1.54, 1.807) is 12.1 Å². The molecule has 0 fully saturated rings. The van der Waals surface area contributed by atoms with Gasteiger partial charge >= 0.3 is 0 Å². The second-order valence-corrected chi connectivity index (χ2v) is 5.24. The maximum Gasteiger partial charge on any atom is 0.204 e. The van der Waals surface area contributed by atoms with Crippen LogP contribution in [0, 0.1) is 0 Å². The molecule has 0 aliphatic carbocycles. The first kappa shape index (κ1) is 12.8. The minimum Gasteiger partial charge on any atom is -0.508 e. The van der Waals surface area contributed by atoms with Crippen LogP contribution in [0.4, 0.5) is 0 Å². The van der Waals surface area contributed by atoms with Crippen molar-refractivity contribution in [3.05, 3.63) is 58.6 Å². The summed E-state index contributed by atoms with van der Waals surface area (Å²) in [7, 11) is 0. The molecule has 0 aliphatic rings. The summed E-state index contributed by atoms with van der Waals surface area (Å²) in [6, 6.07) is 14.7. The van der Waals surface area contributed by atoms with E-state index in [1.807, 2.05) is 36.4 Å². The summed E-state index contributed by atoms with van der Waals surface area (Å²) in [5.74, 6) is 0.834. The molecule has 3 rings (SSSR count). The number of aromatic nitrogens is 4. The average Bonchev–Trinajstić information content (AvgIpc) is 2.90. The molecule has 0 spiro atoms. The lowest BCUT2D eigenvalue weighted by Crippen LogP contribution is -2.03. The lowest BCUT2D eigenvalue weighted by atomic mass is 10.2. The molecular weight excluding hydrogens is 320 g/mol. The van der Waals surface area contributed by atoms with Gasteiger partial charge in [0.2, 0.25) is 5.82 Å². The van der Waals surface area contributed by atoms with Gasteiger partial charge in [0, 0.05) is 10.0 Å². The van der Waals surface area contributed by atoms with Crippen LogP contribution in [-0.4, -0.2) is 25.3 Å². The molecule has 0 unspecified atom stereocenters. The van der Waals surface area contributed by atoms with Gasteiger partial charge in [0.1, 0.15) is 5.75 Å². The molecule has 0 aliphatic heterocycles. The number of hydrogen-bond donors (Lipinski definition) is 1. The van der Waals surface area contributed by atoms with Gasteiger partial charge in [-0.15, -0.1) is 10.2 Å². The molecule has 5 nitrogen and oxygen atoms in total. The fourth-order valence-corrected chi connectivity index (χ4v) is 2.22. The fraction of sp³-hybridized carbons (Fsp3) is 0.0714. The maximum atomic E-state index is 9.25. The molecule has 6 heteroatoms. The van der Waals surface area contributed by atoms with E-state index >= 15 is 0 Å². The number of hydrogen-bond acceptors (Lipinski definition) is 4. The van der Waals surface area contributed by atoms with Crippen LogP contribution in [0.3, 0.4) is 0 Å². The second-order valence-electron chi connectivity index (χ2n) is 4.32. The first-order valence-corrected chi connectivity index (χ1v) is 6.82. The Balaban J connectivity index is 1.82. The highest BCUT2D eigenvalue weighted by Gasteiger charge is 2.06. The molecule has 0 radical (unpaired) electrons. The molecule has 0 saturated carbocycles. The fourth-order valence-electron chi connectivity index (χ4n) is 1.82. The zero-order valence-electron chi connectivity index (χ0n) is 10.4. The van der Waals surface area contributed by atoms with E-state index in [4.69, 9.17) is 0 Å². The Labute approximate surface area is 124 Å². The van der Waals surface area contributed by atoms with Gasteiger partial charge in [-0.25, -0.2) is 0 Å². The van der Waals surface area contributed by atoms with Crippen LogP contribution < -0.4 is 0 Å². The number of phenolic OH excluding ortho intramolecular Hbond substituents is 1. The third-order valence-electron chi connectivity index (χ3n) is 2.80. The molecule has 0 amide bonds. The Morgan fingerprint density at radius 1 is 1.10 bits per heavy atom. The van der Waals surface area contributed by atoms with Gasteiger partial charge < -0.3 is 5.11 Å². The topological polar surface area (TPSA) is 63.8 Å². The quantitative estimate of drug-likeness (QED) is 0.802. The minimum atomic E-state index is 0.245. The van der Waals surface area contributed by atoms with Gasteiger partial charge in [-0.05, 0) is 35.0 Å². The van der Waals surface area contributed by atoms with Crippen LogP contribution in [0.25, 0.3) is 11.4 Å². The van der Waals surface area contributed by atoms with Crippen LogP contribution in [-0.2, 0) is 6.54 Å². The van der Waals surface area contributed by atoms with Crippen molar-refractivity contribution in [2.75, 3.05) is 0 Å². The minimum absolute atomic E-state index is 0.245. The zero-order valence-corrected chi connectivity index (χ0v) is 12.0. The van der Waals surface area contributed by atoms with E-state index in [-0.39, 0.29) is 5.75 Å². The van der Waals surface area contributed by atoms with E-state index in [2.05, 4.69) is 31.3 Å². The molecule has 1 heterocycles.